The number of aromatic nitrogens is 1. The Morgan fingerprint density at radius 3 is 2.83 bits per heavy atom. The van der Waals surface area contributed by atoms with Gasteiger partial charge in [0, 0.05) is 21.0 Å². The van der Waals surface area contributed by atoms with E-state index in [1.807, 2.05) is 29.6 Å². The van der Waals surface area contributed by atoms with Crippen molar-refractivity contribution in [1.82, 2.24) is 10.3 Å². The Morgan fingerprint density at radius 1 is 1.22 bits per heavy atom. The van der Waals surface area contributed by atoms with E-state index in [0.717, 1.165) is 20.7 Å². The SMILES string of the molecule is Cc1ccccc1-c1nc(CNC(=O)c2cccc(Br)c2)cs1. The zero-order valence-corrected chi connectivity index (χ0v) is 14.9. The lowest BCUT2D eigenvalue weighted by Crippen LogP contribution is -2.22. The van der Waals surface area contributed by atoms with E-state index in [0.29, 0.717) is 12.1 Å². The van der Waals surface area contributed by atoms with Crippen LogP contribution in [0.3, 0.4) is 0 Å². The first-order chi connectivity index (χ1) is 11.1. The van der Waals surface area contributed by atoms with Crippen LogP contribution in [0.25, 0.3) is 10.6 Å². The Hall–Kier alpha value is -1.98. The van der Waals surface area contributed by atoms with Gasteiger partial charge >= 0.3 is 0 Å². The Labute approximate surface area is 147 Å². The monoisotopic (exact) mass is 386 g/mol. The predicted octanol–water partition coefficient (Wildman–Crippen LogP) is 4.81. The third kappa shape index (κ3) is 3.86. The van der Waals surface area contributed by atoms with Gasteiger partial charge in [0.15, 0.2) is 0 Å². The molecule has 0 unspecified atom stereocenters. The van der Waals surface area contributed by atoms with Crippen molar-refractivity contribution in [3.63, 3.8) is 0 Å². The molecule has 5 heteroatoms. The topological polar surface area (TPSA) is 42.0 Å². The third-order valence-electron chi connectivity index (χ3n) is 3.44. The molecule has 0 spiro atoms. The Kier molecular flexibility index (Phi) is 4.88. The summed E-state index contributed by atoms with van der Waals surface area (Å²) in [6.07, 6.45) is 0. The Bertz CT molecular complexity index is 844. The van der Waals surface area contributed by atoms with Crippen molar-refractivity contribution in [2.75, 3.05) is 0 Å². The van der Waals surface area contributed by atoms with Crippen molar-refractivity contribution < 1.29 is 4.79 Å². The summed E-state index contributed by atoms with van der Waals surface area (Å²) < 4.78 is 0.889. The molecule has 23 heavy (non-hydrogen) atoms. The van der Waals surface area contributed by atoms with Crippen LogP contribution in [0.1, 0.15) is 21.6 Å². The van der Waals surface area contributed by atoms with Crippen molar-refractivity contribution in [2.24, 2.45) is 0 Å². The number of halogens is 1. The van der Waals surface area contributed by atoms with E-state index < -0.39 is 0 Å². The minimum atomic E-state index is -0.100. The van der Waals surface area contributed by atoms with Gasteiger partial charge in [-0.1, -0.05) is 46.3 Å². The Balaban J connectivity index is 1.68. The van der Waals surface area contributed by atoms with Gasteiger partial charge in [-0.05, 0) is 30.7 Å². The molecule has 0 atom stereocenters. The molecule has 2 aromatic carbocycles. The van der Waals surface area contributed by atoms with Crippen LogP contribution in [-0.2, 0) is 6.54 Å². The largest absolute Gasteiger partial charge is 0.346 e. The molecular formula is C18H15BrN2OS. The number of nitrogens with one attached hydrogen (secondary N) is 1. The highest BCUT2D eigenvalue weighted by molar-refractivity contribution is 9.10. The first-order valence-corrected chi connectivity index (χ1v) is 8.85. The van der Waals surface area contributed by atoms with Crippen LogP contribution >= 0.6 is 27.3 Å². The zero-order chi connectivity index (χ0) is 16.2. The highest BCUT2D eigenvalue weighted by Gasteiger charge is 2.09. The van der Waals surface area contributed by atoms with Gasteiger partial charge in [-0.3, -0.25) is 4.79 Å². The smallest absolute Gasteiger partial charge is 0.251 e. The second-order valence-corrected chi connectivity index (χ2v) is 6.93. The fourth-order valence-electron chi connectivity index (χ4n) is 2.23. The number of carbonyl (C=O) groups is 1. The summed E-state index contributed by atoms with van der Waals surface area (Å²) in [6, 6.07) is 15.5. The lowest BCUT2D eigenvalue weighted by Gasteiger charge is -2.04. The fourth-order valence-corrected chi connectivity index (χ4v) is 3.54. The predicted molar refractivity (Wildman–Crippen MR) is 97.6 cm³/mol. The normalized spacial score (nSPS) is 10.5. The van der Waals surface area contributed by atoms with Crippen LogP contribution in [0.15, 0.2) is 58.4 Å². The quantitative estimate of drug-likeness (QED) is 0.698. The first-order valence-electron chi connectivity index (χ1n) is 7.17. The van der Waals surface area contributed by atoms with E-state index in [4.69, 9.17) is 0 Å². The lowest BCUT2D eigenvalue weighted by atomic mass is 10.1. The summed E-state index contributed by atoms with van der Waals surface area (Å²) in [5.74, 6) is -0.100. The van der Waals surface area contributed by atoms with Gasteiger partial charge in [-0.15, -0.1) is 11.3 Å². The highest BCUT2D eigenvalue weighted by Crippen LogP contribution is 2.26. The minimum absolute atomic E-state index is 0.100. The first kappa shape index (κ1) is 15.9. The molecule has 0 saturated heterocycles. The zero-order valence-electron chi connectivity index (χ0n) is 12.5. The van der Waals surface area contributed by atoms with E-state index >= 15 is 0 Å². The van der Waals surface area contributed by atoms with Crippen LogP contribution in [0.2, 0.25) is 0 Å². The summed E-state index contributed by atoms with van der Waals surface area (Å²) in [6.45, 7) is 2.50. The van der Waals surface area contributed by atoms with Crippen molar-refractivity contribution in [3.8, 4) is 10.6 Å². The van der Waals surface area contributed by atoms with Gasteiger partial charge in [0.2, 0.25) is 0 Å². The van der Waals surface area contributed by atoms with E-state index in [9.17, 15) is 4.79 Å². The van der Waals surface area contributed by atoms with Crippen molar-refractivity contribution in [1.29, 1.82) is 0 Å². The third-order valence-corrected chi connectivity index (χ3v) is 4.86. The summed E-state index contributed by atoms with van der Waals surface area (Å²) in [4.78, 5) is 16.8. The number of hydrogen-bond acceptors (Lipinski definition) is 3. The second kappa shape index (κ2) is 7.06. The van der Waals surface area contributed by atoms with Crippen molar-refractivity contribution >= 4 is 33.2 Å². The van der Waals surface area contributed by atoms with Crippen molar-refractivity contribution in [3.05, 3.63) is 75.2 Å². The van der Waals surface area contributed by atoms with E-state index in [-0.39, 0.29) is 5.91 Å². The maximum atomic E-state index is 12.1. The average molecular weight is 387 g/mol. The number of carbonyl (C=O) groups excluding carboxylic acids is 1. The van der Waals surface area contributed by atoms with Crippen LogP contribution in [0.4, 0.5) is 0 Å². The molecule has 116 valence electrons. The standard InChI is InChI=1S/C18H15BrN2OS/c1-12-5-2-3-8-16(12)18-21-15(11-23-18)10-20-17(22)13-6-4-7-14(19)9-13/h2-9,11H,10H2,1H3,(H,20,22). The van der Waals surface area contributed by atoms with Gasteiger partial charge in [0.1, 0.15) is 5.01 Å². The Morgan fingerprint density at radius 2 is 2.04 bits per heavy atom. The molecule has 0 aliphatic carbocycles. The summed E-state index contributed by atoms with van der Waals surface area (Å²) in [5.41, 5.74) is 3.85. The molecule has 0 radical (unpaired) electrons. The number of rotatable bonds is 4. The highest BCUT2D eigenvalue weighted by atomic mass is 79.9. The second-order valence-electron chi connectivity index (χ2n) is 5.15. The van der Waals surface area contributed by atoms with Gasteiger partial charge < -0.3 is 5.32 Å². The molecule has 3 rings (SSSR count). The number of aryl methyl sites for hydroxylation is 1. The molecule has 3 nitrogen and oxygen atoms in total. The molecule has 1 amide bonds. The van der Waals surface area contributed by atoms with Crippen LogP contribution in [-0.4, -0.2) is 10.9 Å². The number of nitrogens with zero attached hydrogens (tertiary/aromatic N) is 1. The molecule has 0 fully saturated rings. The van der Waals surface area contributed by atoms with E-state index in [1.54, 1.807) is 23.5 Å². The molecular weight excluding hydrogens is 372 g/mol. The molecule has 3 aromatic rings. The van der Waals surface area contributed by atoms with E-state index in [1.165, 1.54) is 5.56 Å². The van der Waals surface area contributed by atoms with Gasteiger partial charge in [0.25, 0.3) is 5.91 Å². The molecule has 0 aliphatic rings. The van der Waals surface area contributed by atoms with E-state index in [2.05, 4.69) is 45.3 Å². The number of benzene rings is 2. The maximum absolute atomic E-state index is 12.1. The fraction of sp³-hybridized carbons (Fsp3) is 0.111. The molecule has 0 aliphatic heterocycles. The summed E-state index contributed by atoms with van der Waals surface area (Å²) in [5, 5.41) is 5.88. The van der Waals surface area contributed by atoms with Crippen molar-refractivity contribution in [2.45, 2.75) is 13.5 Å². The summed E-state index contributed by atoms with van der Waals surface area (Å²) >= 11 is 4.97. The van der Waals surface area contributed by atoms with Crippen LogP contribution in [0.5, 0.6) is 0 Å². The van der Waals surface area contributed by atoms with Gasteiger partial charge in [0.05, 0.1) is 12.2 Å². The number of hydrogen-bond donors (Lipinski definition) is 1. The van der Waals surface area contributed by atoms with Gasteiger partial charge in [-0.25, -0.2) is 4.98 Å². The minimum Gasteiger partial charge on any atom is -0.346 e. The molecule has 1 aromatic heterocycles. The van der Waals surface area contributed by atoms with Gasteiger partial charge in [-0.2, -0.15) is 0 Å². The van der Waals surface area contributed by atoms with Crippen LogP contribution in [0, 0.1) is 6.92 Å². The lowest BCUT2D eigenvalue weighted by molar-refractivity contribution is 0.0950. The molecule has 0 bridgehead atoms. The average Bonchev–Trinajstić information content (AvgIpc) is 3.02. The number of thiazole rings is 1. The number of amides is 1. The molecule has 1 heterocycles. The molecule has 0 saturated carbocycles. The maximum Gasteiger partial charge on any atom is 0.251 e. The summed E-state index contributed by atoms with van der Waals surface area (Å²) in [7, 11) is 0. The molecule has 1 N–H and O–H groups in total. The van der Waals surface area contributed by atoms with Crippen LogP contribution < -0.4 is 5.32 Å².